The number of thiophene rings is 1. The van der Waals surface area contributed by atoms with Crippen LogP contribution in [0.4, 0.5) is 10.7 Å². The van der Waals surface area contributed by atoms with Gasteiger partial charge in [0.2, 0.25) is 11.8 Å². The Bertz CT molecular complexity index is 1110. The maximum atomic E-state index is 12.7. The van der Waals surface area contributed by atoms with E-state index in [1.165, 1.54) is 11.3 Å². The topological polar surface area (TPSA) is 105 Å². The van der Waals surface area contributed by atoms with E-state index in [-0.39, 0.29) is 24.3 Å². The predicted molar refractivity (Wildman–Crippen MR) is 126 cm³/mol. The molecule has 0 aliphatic heterocycles. The minimum atomic E-state index is -0.515. The molecule has 0 spiro atoms. The van der Waals surface area contributed by atoms with Gasteiger partial charge in [-0.3, -0.25) is 19.1 Å². The molecule has 32 heavy (non-hydrogen) atoms. The number of rotatable bonds is 7. The fraction of sp³-hybridized carbons (Fsp3) is 0.304. The molecule has 0 saturated heterocycles. The molecule has 8 nitrogen and oxygen atoms in total. The number of hydrogen-bond donors (Lipinski definition) is 3. The third-order valence-corrected chi connectivity index (χ3v) is 5.72. The van der Waals surface area contributed by atoms with Crippen molar-refractivity contribution < 1.29 is 14.4 Å². The van der Waals surface area contributed by atoms with Gasteiger partial charge in [0.25, 0.3) is 5.91 Å². The minimum Gasteiger partial charge on any atom is -0.347 e. The van der Waals surface area contributed by atoms with E-state index in [9.17, 15) is 14.4 Å². The molecule has 0 aliphatic rings. The van der Waals surface area contributed by atoms with E-state index < -0.39 is 5.41 Å². The quantitative estimate of drug-likeness (QED) is 0.506. The van der Waals surface area contributed by atoms with Gasteiger partial charge in [0.05, 0.1) is 9.88 Å². The van der Waals surface area contributed by atoms with Crippen LogP contribution in [0.25, 0.3) is 0 Å². The number of hydrogen-bond acceptors (Lipinski definition) is 5. The first-order valence-electron chi connectivity index (χ1n) is 10.2. The van der Waals surface area contributed by atoms with Gasteiger partial charge in [0.15, 0.2) is 0 Å². The largest absolute Gasteiger partial charge is 0.347 e. The summed E-state index contributed by atoms with van der Waals surface area (Å²) in [6, 6.07) is 10.9. The third-order valence-electron chi connectivity index (χ3n) is 4.57. The highest BCUT2D eigenvalue weighted by Crippen LogP contribution is 2.28. The Balaban J connectivity index is 1.57. The van der Waals surface area contributed by atoms with Gasteiger partial charge in [-0.25, -0.2) is 0 Å². The summed E-state index contributed by atoms with van der Waals surface area (Å²) >= 11 is 1.25. The van der Waals surface area contributed by atoms with Gasteiger partial charge in [-0.05, 0) is 42.3 Å². The maximum Gasteiger partial charge on any atom is 0.261 e. The fourth-order valence-corrected chi connectivity index (χ4v) is 3.82. The van der Waals surface area contributed by atoms with Crippen molar-refractivity contribution in [1.82, 2.24) is 15.1 Å². The third kappa shape index (κ3) is 6.27. The number of aromatic nitrogens is 2. The Kier molecular flexibility index (Phi) is 7.09. The smallest absolute Gasteiger partial charge is 0.261 e. The number of carbonyl (C=O) groups excluding carboxylic acids is 3. The van der Waals surface area contributed by atoms with Crippen molar-refractivity contribution >= 4 is 39.7 Å². The lowest BCUT2D eigenvalue weighted by molar-refractivity contribution is -0.123. The van der Waals surface area contributed by atoms with Crippen LogP contribution in [0.5, 0.6) is 0 Å². The second-order valence-corrected chi connectivity index (χ2v) is 9.51. The van der Waals surface area contributed by atoms with E-state index in [4.69, 9.17) is 0 Å². The number of nitrogens with zero attached hydrogens (tertiary/aromatic N) is 2. The minimum absolute atomic E-state index is 0.0999. The summed E-state index contributed by atoms with van der Waals surface area (Å²) in [4.78, 5) is 37.6. The van der Waals surface area contributed by atoms with Crippen LogP contribution in [0, 0.1) is 12.3 Å². The molecule has 3 N–H and O–H groups in total. The Hall–Kier alpha value is -3.46. The first-order valence-corrected chi connectivity index (χ1v) is 11.0. The van der Waals surface area contributed by atoms with Crippen LogP contribution in [-0.4, -0.2) is 27.5 Å². The van der Waals surface area contributed by atoms with Crippen LogP contribution in [0.15, 0.2) is 48.8 Å². The van der Waals surface area contributed by atoms with Gasteiger partial charge in [-0.1, -0.05) is 32.9 Å². The zero-order valence-corrected chi connectivity index (χ0v) is 19.4. The van der Waals surface area contributed by atoms with Crippen molar-refractivity contribution in [3.8, 4) is 0 Å². The molecule has 0 radical (unpaired) electrons. The number of benzene rings is 1. The Labute approximate surface area is 191 Å². The molecule has 0 atom stereocenters. The van der Waals surface area contributed by atoms with Crippen molar-refractivity contribution in [2.75, 3.05) is 10.6 Å². The number of carbonyl (C=O) groups is 3. The molecule has 168 valence electrons. The van der Waals surface area contributed by atoms with E-state index in [2.05, 4.69) is 21.0 Å². The number of nitrogens with one attached hydrogen (secondary N) is 3. The standard InChI is InChI=1S/C23H27N5O3S/c1-15-11-19(27-22(31)23(2,3)4)32-20(15)21(30)24-13-16-7-5-8-17(12-16)26-18(29)14-28-10-6-9-25-28/h5-12H,13-14H2,1-4H3,(H,24,30)(H,26,29)(H,27,31). The Morgan fingerprint density at radius 1 is 1.09 bits per heavy atom. The van der Waals surface area contributed by atoms with Gasteiger partial charge in [-0.15, -0.1) is 11.3 Å². The van der Waals surface area contributed by atoms with Gasteiger partial charge in [0, 0.05) is 30.0 Å². The van der Waals surface area contributed by atoms with Gasteiger partial charge < -0.3 is 16.0 Å². The summed E-state index contributed by atoms with van der Waals surface area (Å²) < 4.78 is 1.54. The number of amides is 3. The van der Waals surface area contributed by atoms with Crippen LogP contribution in [0.2, 0.25) is 0 Å². The summed E-state index contributed by atoms with van der Waals surface area (Å²) in [5.41, 5.74) is 1.79. The zero-order valence-electron chi connectivity index (χ0n) is 18.6. The van der Waals surface area contributed by atoms with Crippen LogP contribution < -0.4 is 16.0 Å². The molecule has 0 unspecified atom stereocenters. The lowest BCUT2D eigenvalue weighted by atomic mass is 9.96. The van der Waals surface area contributed by atoms with Crippen molar-refractivity contribution in [1.29, 1.82) is 0 Å². The summed E-state index contributed by atoms with van der Waals surface area (Å²) in [5.74, 6) is -0.497. The summed E-state index contributed by atoms with van der Waals surface area (Å²) in [7, 11) is 0. The predicted octanol–water partition coefficient (Wildman–Crippen LogP) is 3.81. The molecule has 1 aromatic carbocycles. The van der Waals surface area contributed by atoms with Crippen LogP contribution in [-0.2, 0) is 22.7 Å². The molecule has 9 heteroatoms. The van der Waals surface area contributed by atoms with E-state index in [1.807, 2.05) is 45.9 Å². The van der Waals surface area contributed by atoms with Crippen LogP contribution >= 0.6 is 11.3 Å². The summed E-state index contributed by atoms with van der Waals surface area (Å²) in [5, 5.41) is 13.3. The van der Waals surface area contributed by atoms with E-state index >= 15 is 0 Å². The lowest BCUT2D eigenvalue weighted by Crippen LogP contribution is -2.27. The zero-order chi connectivity index (χ0) is 23.3. The highest BCUT2D eigenvalue weighted by Gasteiger charge is 2.23. The fourth-order valence-electron chi connectivity index (χ4n) is 2.83. The second kappa shape index (κ2) is 9.78. The molecular weight excluding hydrogens is 426 g/mol. The molecule has 3 amide bonds. The molecule has 3 aromatic rings. The molecule has 3 rings (SSSR count). The molecule has 0 bridgehead atoms. The molecule has 2 heterocycles. The normalized spacial score (nSPS) is 11.1. The van der Waals surface area contributed by atoms with Crippen molar-refractivity contribution in [3.05, 3.63) is 64.8 Å². The van der Waals surface area contributed by atoms with E-state index in [1.54, 1.807) is 35.3 Å². The maximum absolute atomic E-state index is 12.7. The van der Waals surface area contributed by atoms with Crippen molar-refractivity contribution in [2.24, 2.45) is 5.41 Å². The molecule has 2 aromatic heterocycles. The van der Waals surface area contributed by atoms with Crippen LogP contribution in [0.1, 0.15) is 41.6 Å². The monoisotopic (exact) mass is 453 g/mol. The lowest BCUT2D eigenvalue weighted by Gasteiger charge is -2.16. The van der Waals surface area contributed by atoms with E-state index in [0.29, 0.717) is 22.1 Å². The second-order valence-electron chi connectivity index (χ2n) is 8.46. The van der Waals surface area contributed by atoms with Gasteiger partial charge in [-0.2, -0.15) is 5.10 Å². The highest BCUT2D eigenvalue weighted by molar-refractivity contribution is 7.18. The first-order chi connectivity index (χ1) is 15.1. The average Bonchev–Trinajstić information content (AvgIpc) is 3.35. The van der Waals surface area contributed by atoms with Crippen molar-refractivity contribution in [3.63, 3.8) is 0 Å². The van der Waals surface area contributed by atoms with Gasteiger partial charge in [0.1, 0.15) is 6.54 Å². The SMILES string of the molecule is Cc1cc(NC(=O)C(C)(C)C)sc1C(=O)NCc1cccc(NC(=O)Cn2cccn2)c1. The highest BCUT2D eigenvalue weighted by atomic mass is 32.1. The summed E-state index contributed by atoms with van der Waals surface area (Å²) in [6.07, 6.45) is 3.34. The molecule has 0 aliphatic carbocycles. The number of anilines is 2. The van der Waals surface area contributed by atoms with Gasteiger partial charge >= 0.3 is 0 Å². The number of aryl methyl sites for hydroxylation is 1. The van der Waals surface area contributed by atoms with Crippen LogP contribution in [0.3, 0.4) is 0 Å². The summed E-state index contributed by atoms with van der Waals surface area (Å²) in [6.45, 7) is 7.79. The van der Waals surface area contributed by atoms with Crippen molar-refractivity contribution in [2.45, 2.75) is 40.8 Å². The molecule has 0 saturated carbocycles. The average molecular weight is 454 g/mol. The Morgan fingerprint density at radius 2 is 1.88 bits per heavy atom. The molecule has 0 fully saturated rings. The molecular formula is C23H27N5O3S. The first kappa shape index (κ1) is 23.2. The Morgan fingerprint density at radius 3 is 2.56 bits per heavy atom. The van der Waals surface area contributed by atoms with E-state index in [0.717, 1.165) is 11.1 Å².